The molecule has 0 spiro atoms. The molecule has 5 rings (SSSR count). The Morgan fingerprint density at radius 1 is 1.25 bits per heavy atom. The van der Waals surface area contributed by atoms with Gasteiger partial charge >= 0.3 is 0 Å². The highest BCUT2D eigenvalue weighted by Gasteiger charge is 2.51. The van der Waals surface area contributed by atoms with Gasteiger partial charge in [-0.1, -0.05) is 34.1 Å². The van der Waals surface area contributed by atoms with Crippen LogP contribution in [0.15, 0.2) is 56.8 Å². The molecular formula is C19H17BrN2OS. The van der Waals surface area contributed by atoms with Gasteiger partial charge in [-0.15, -0.1) is 0 Å². The summed E-state index contributed by atoms with van der Waals surface area (Å²) >= 11 is 5.36. The quantitative estimate of drug-likeness (QED) is 0.602. The zero-order chi connectivity index (χ0) is 16.5. The molecule has 3 heterocycles. The number of nitrogens with zero attached hydrogens (tertiary/aromatic N) is 2. The van der Waals surface area contributed by atoms with Crippen molar-refractivity contribution in [1.82, 2.24) is 0 Å². The zero-order valence-corrected chi connectivity index (χ0v) is 15.9. The van der Waals surface area contributed by atoms with Crippen LogP contribution in [0.5, 0.6) is 5.75 Å². The number of ether oxygens (including phenoxy) is 1. The fraction of sp³-hybridized carbons (Fsp3) is 0.316. The summed E-state index contributed by atoms with van der Waals surface area (Å²) in [6.07, 6.45) is 0. The van der Waals surface area contributed by atoms with Crippen LogP contribution in [0.4, 0.5) is 5.69 Å². The third-order valence-electron chi connectivity index (χ3n) is 5.33. The fourth-order valence-electron chi connectivity index (χ4n) is 4.02. The number of amidine groups is 1. The van der Waals surface area contributed by atoms with Crippen molar-refractivity contribution in [2.45, 2.75) is 30.3 Å². The highest BCUT2D eigenvalue weighted by Crippen LogP contribution is 2.54. The Hall–Kier alpha value is -1.46. The molecule has 0 bridgehead atoms. The van der Waals surface area contributed by atoms with Crippen LogP contribution in [0, 0.1) is 5.92 Å². The molecule has 2 aromatic carbocycles. The first-order chi connectivity index (χ1) is 11.6. The number of para-hydroxylation sites is 1. The molecule has 2 atom stereocenters. The van der Waals surface area contributed by atoms with E-state index in [2.05, 4.69) is 71.1 Å². The van der Waals surface area contributed by atoms with Gasteiger partial charge in [0, 0.05) is 26.4 Å². The average Bonchev–Trinajstić information content (AvgIpc) is 2.92. The lowest BCUT2D eigenvalue weighted by Crippen LogP contribution is -2.57. The van der Waals surface area contributed by atoms with E-state index < -0.39 is 0 Å². The number of aliphatic imine (C=N–C) groups is 1. The number of anilines is 1. The maximum absolute atomic E-state index is 6.07. The van der Waals surface area contributed by atoms with Crippen LogP contribution < -0.4 is 9.64 Å². The topological polar surface area (TPSA) is 24.8 Å². The average molecular weight is 401 g/mol. The Morgan fingerprint density at radius 3 is 2.96 bits per heavy atom. The molecule has 0 amide bonds. The van der Waals surface area contributed by atoms with Crippen LogP contribution in [0.2, 0.25) is 0 Å². The van der Waals surface area contributed by atoms with Crippen LogP contribution in [0.25, 0.3) is 0 Å². The van der Waals surface area contributed by atoms with Crippen LogP contribution >= 0.6 is 27.7 Å². The summed E-state index contributed by atoms with van der Waals surface area (Å²) < 4.78 is 7.18. The van der Waals surface area contributed by atoms with E-state index in [1.54, 1.807) is 11.8 Å². The van der Waals surface area contributed by atoms with Gasteiger partial charge < -0.3 is 9.64 Å². The minimum Gasteiger partial charge on any atom is -0.493 e. The van der Waals surface area contributed by atoms with Crippen LogP contribution in [0.1, 0.15) is 25.5 Å². The lowest BCUT2D eigenvalue weighted by Gasteiger charge is -2.50. The molecule has 0 aliphatic carbocycles. The second-order valence-corrected chi connectivity index (χ2v) is 8.94. The second-order valence-electron chi connectivity index (χ2n) is 7.02. The molecule has 3 aliphatic rings. The van der Waals surface area contributed by atoms with E-state index in [1.165, 1.54) is 16.1 Å². The molecule has 122 valence electrons. The largest absolute Gasteiger partial charge is 0.493 e. The zero-order valence-electron chi connectivity index (χ0n) is 13.5. The summed E-state index contributed by atoms with van der Waals surface area (Å²) in [6, 6.07) is 15.0. The predicted molar refractivity (Wildman–Crippen MR) is 102 cm³/mol. The first kappa shape index (κ1) is 14.8. The van der Waals surface area contributed by atoms with Gasteiger partial charge in [-0.3, -0.25) is 4.99 Å². The van der Waals surface area contributed by atoms with E-state index >= 15 is 0 Å². The summed E-state index contributed by atoms with van der Waals surface area (Å²) in [5.41, 5.74) is 2.41. The SMILES string of the molecule is CC1(C)C2COc3ccccc3C2N=C2Sc3cc(Br)ccc3N21. The molecule has 5 heteroatoms. The summed E-state index contributed by atoms with van der Waals surface area (Å²) in [5.74, 6) is 1.31. The molecule has 2 unspecified atom stereocenters. The maximum atomic E-state index is 6.07. The Labute approximate surface area is 154 Å². The van der Waals surface area contributed by atoms with Crippen molar-refractivity contribution < 1.29 is 4.74 Å². The van der Waals surface area contributed by atoms with Gasteiger partial charge in [0.2, 0.25) is 0 Å². The number of fused-ring (bicyclic) bond motifs is 6. The summed E-state index contributed by atoms with van der Waals surface area (Å²) in [7, 11) is 0. The van der Waals surface area contributed by atoms with E-state index in [4.69, 9.17) is 9.73 Å². The van der Waals surface area contributed by atoms with Gasteiger partial charge in [-0.05, 0) is 49.9 Å². The predicted octanol–water partition coefficient (Wildman–Crippen LogP) is 5.26. The van der Waals surface area contributed by atoms with Gasteiger partial charge in [-0.2, -0.15) is 0 Å². The van der Waals surface area contributed by atoms with Crippen molar-refractivity contribution in [3.63, 3.8) is 0 Å². The smallest absolute Gasteiger partial charge is 0.169 e. The number of benzene rings is 2. The summed E-state index contributed by atoms with van der Waals surface area (Å²) in [4.78, 5) is 8.83. The maximum Gasteiger partial charge on any atom is 0.169 e. The number of hydrogen-bond donors (Lipinski definition) is 0. The minimum atomic E-state index is -0.0542. The molecule has 0 fully saturated rings. The Morgan fingerprint density at radius 2 is 2.08 bits per heavy atom. The van der Waals surface area contributed by atoms with Crippen LogP contribution in [-0.2, 0) is 0 Å². The summed E-state index contributed by atoms with van der Waals surface area (Å²) in [5, 5.41) is 1.10. The van der Waals surface area contributed by atoms with Crippen molar-refractivity contribution in [1.29, 1.82) is 0 Å². The highest BCUT2D eigenvalue weighted by atomic mass is 79.9. The van der Waals surface area contributed by atoms with E-state index in [-0.39, 0.29) is 11.6 Å². The number of rotatable bonds is 0. The molecule has 24 heavy (non-hydrogen) atoms. The Kier molecular flexibility index (Phi) is 3.11. The van der Waals surface area contributed by atoms with E-state index in [0.717, 1.165) is 15.4 Å². The van der Waals surface area contributed by atoms with Crippen LogP contribution in [0.3, 0.4) is 0 Å². The van der Waals surface area contributed by atoms with Gasteiger partial charge in [-0.25, -0.2) is 0 Å². The van der Waals surface area contributed by atoms with Gasteiger partial charge in [0.1, 0.15) is 5.75 Å². The van der Waals surface area contributed by atoms with E-state index in [1.807, 2.05) is 6.07 Å². The van der Waals surface area contributed by atoms with Gasteiger partial charge in [0.15, 0.2) is 5.17 Å². The molecular weight excluding hydrogens is 384 g/mol. The normalized spacial score (nSPS) is 25.8. The molecule has 3 aliphatic heterocycles. The minimum absolute atomic E-state index is 0.0542. The standard InChI is InChI=1S/C19H17BrN2OS/c1-19(2)13-10-23-15-6-4-3-5-12(15)17(13)21-18-22(19)14-8-7-11(20)9-16(14)24-18/h3-9,13,17H,10H2,1-2H3. The first-order valence-electron chi connectivity index (χ1n) is 8.13. The van der Waals surface area contributed by atoms with E-state index in [9.17, 15) is 0 Å². The molecule has 0 radical (unpaired) electrons. The number of thioether (sulfide) groups is 1. The lowest BCUT2D eigenvalue weighted by molar-refractivity contribution is 0.133. The second kappa shape index (κ2) is 5.02. The van der Waals surface area contributed by atoms with Gasteiger partial charge in [0.05, 0.1) is 18.3 Å². The molecule has 3 nitrogen and oxygen atoms in total. The van der Waals surface area contributed by atoms with Gasteiger partial charge in [0.25, 0.3) is 0 Å². The third-order valence-corrected chi connectivity index (χ3v) is 6.84. The molecule has 0 saturated carbocycles. The Balaban J connectivity index is 1.68. The molecule has 2 aromatic rings. The first-order valence-corrected chi connectivity index (χ1v) is 9.74. The molecule has 0 N–H and O–H groups in total. The Bertz CT molecular complexity index is 879. The number of hydrogen-bond acceptors (Lipinski definition) is 4. The summed E-state index contributed by atoms with van der Waals surface area (Å²) in [6.45, 7) is 5.33. The van der Waals surface area contributed by atoms with Crippen LogP contribution in [-0.4, -0.2) is 17.3 Å². The molecule has 0 aromatic heterocycles. The fourth-order valence-corrected chi connectivity index (χ4v) is 5.77. The lowest BCUT2D eigenvalue weighted by atomic mass is 9.76. The third kappa shape index (κ3) is 1.94. The van der Waals surface area contributed by atoms with Crippen molar-refractivity contribution in [3.8, 4) is 5.75 Å². The van der Waals surface area contributed by atoms with Crippen molar-refractivity contribution in [3.05, 3.63) is 52.5 Å². The molecule has 0 saturated heterocycles. The van der Waals surface area contributed by atoms with E-state index in [0.29, 0.717) is 12.5 Å². The highest BCUT2D eigenvalue weighted by molar-refractivity contribution is 9.10. The monoisotopic (exact) mass is 400 g/mol. The number of halogens is 1. The van der Waals surface area contributed by atoms with Crippen molar-refractivity contribution in [2.75, 3.05) is 11.5 Å². The van der Waals surface area contributed by atoms with Crippen molar-refractivity contribution in [2.24, 2.45) is 10.9 Å². The van der Waals surface area contributed by atoms with Crippen molar-refractivity contribution >= 4 is 38.5 Å².